The molecule has 0 saturated heterocycles. The van der Waals surface area contributed by atoms with Gasteiger partial charge in [-0.1, -0.05) is 6.07 Å². The fourth-order valence-corrected chi connectivity index (χ4v) is 2.67. The van der Waals surface area contributed by atoms with Crippen molar-refractivity contribution < 1.29 is 0 Å². The number of halogens is 1. The molecule has 0 unspecified atom stereocenters. The summed E-state index contributed by atoms with van der Waals surface area (Å²) in [6.07, 6.45) is 3.53. The Labute approximate surface area is 128 Å². The quantitative estimate of drug-likeness (QED) is 0.570. The molecule has 0 spiro atoms. The van der Waals surface area contributed by atoms with Crippen molar-refractivity contribution in [1.82, 2.24) is 9.97 Å². The molecule has 3 rings (SSSR count). The molecule has 4 nitrogen and oxygen atoms in total. The van der Waals surface area contributed by atoms with Gasteiger partial charge in [-0.15, -0.1) is 11.3 Å². The van der Waals surface area contributed by atoms with Gasteiger partial charge < -0.3 is 0 Å². The van der Waals surface area contributed by atoms with E-state index in [0.717, 1.165) is 26.1 Å². The van der Waals surface area contributed by atoms with E-state index in [1.54, 1.807) is 23.7 Å². The predicted octanol–water partition coefficient (Wildman–Crippen LogP) is 4.21. The van der Waals surface area contributed by atoms with Crippen molar-refractivity contribution >= 4 is 50.2 Å². The first-order valence-corrected chi connectivity index (χ1v) is 7.66. The summed E-state index contributed by atoms with van der Waals surface area (Å²) in [7, 11) is 0. The van der Waals surface area contributed by atoms with Gasteiger partial charge in [0.05, 0.1) is 17.6 Å². The molecule has 100 valence electrons. The van der Waals surface area contributed by atoms with Crippen molar-refractivity contribution in [3.63, 3.8) is 0 Å². The summed E-state index contributed by atoms with van der Waals surface area (Å²) in [5.41, 5.74) is 5.56. The number of thiophene rings is 1. The maximum absolute atomic E-state index is 4.45. The van der Waals surface area contributed by atoms with Crippen LogP contribution < -0.4 is 5.43 Å². The molecule has 3 aromatic heterocycles. The Kier molecular flexibility index (Phi) is 3.75. The monoisotopic (exact) mass is 346 g/mol. The zero-order valence-corrected chi connectivity index (χ0v) is 13.1. The van der Waals surface area contributed by atoms with Gasteiger partial charge in [-0.3, -0.25) is 5.43 Å². The van der Waals surface area contributed by atoms with Gasteiger partial charge in [0, 0.05) is 20.9 Å². The topological polar surface area (TPSA) is 50.2 Å². The molecule has 0 aliphatic heterocycles. The average molecular weight is 347 g/mol. The Bertz CT molecular complexity index is 768. The molecule has 0 aromatic carbocycles. The number of nitrogens with zero attached hydrogens (tertiary/aromatic N) is 3. The van der Waals surface area contributed by atoms with Crippen molar-refractivity contribution in [2.24, 2.45) is 5.10 Å². The summed E-state index contributed by atoms with van der Waals surface area (Å²) >= 11 is 5.14. The Morgan fingerprint density at radius 3 is 3.10 bits per heavy atom. The third kappa shape index (κ3) is 2.71. The largest absolute Gasteiger partial charge is 0.278 e. The summed E-state index contributed by atoms with van der Waals surface area (Å²) in [5, 5.41) is 7.21. The zero-order chi connectivity index (χ0) is 13.9. The summed E-state index contributed by atoms with van der Waals surface area (Å²) in [6.45, 7) is 1.94. The third-order valence-corrected chi connectivity index (χ3v) is 4.39. The number of hydrogen-bond donors (Lipinski definition) is 1. The summed E-state index contributed by atoms with van der Waals surface area (Å²) in [6, 6.07) is 7.91. The SMILES string of the molecule is Cc1nc2nccc(N/N=C/c3cccs3)c2cc1Br. The van der Waals surface area contributed by atoms with Crippen molar-refractivity contribution in [2.75, 3.05) is 5.43 Å². The lowest BCUT2D eigenvalue weighted by molar-refractivity contribution is 1.18. The lowest BCUT2D eigenvalue weighted by Crippen LogP contribution is -1.95. The van der Waals surface area contributed by atoms with Crippen LogP contribution in [0.15, 0.2) is 45.4 Å². The molecule has 0 aliphatic carbocycles. The Morgan fingerprint density at radius 2 is 2.30 bits per heavy atom. The average Bonchev–Trinajstić information content (AvgIpc) is 2.94. The minimum atomic E-state index is 0.710. The lowest BCUT2D eigenvalue weighted by Gasteiger charge is -2.06. The smallest absolute Gasteiger partial charge is 0.161 e. The highest BCUT2D eigenvalue weighted by atomic mass is 79.9. The van der Waals surface area contributed by atoms with Gasteiger partial charge in [-0.25, -0.2) is 9.97 Å². The van der Waals surface area contributed by atoms with Crippen molar-refractivity contribution in [2.45, 2.75) is 6.92 Å². The zero-order valence-electron chi connectivity index (χ0n) is 10.7. The van der Waals surface area contributed by atoms with Gasteiger partial charge in [0.1, 0.15) is 0 Å². The molecule has 3 aromatic rings. The van der Waals surface area contributed by atoms with Crippen LogP contribution in [0, 0.1) is 6.92 Å². The van der Waals surface area contributed by atoms with Crippen LogP contribution in [-0.2, 0) is 0 Å². The van der Waals surface area contributed by atoms with Gasteiger partial charge in [-0.2, -0.15) is 5.10 Å². The van der Waals surface area contributed by atoms with Crippen LogP contribution in [0.1, 0.15) is 10.6 Å². The molecule has 0 amide bonds. The maximum atomic E-state index is 4.45. The Hall–Kier alpha value is -1.79. The number of rotatable bonds is 3. The fraction of sp³-hybridized carbons (Fsp3) is 0.0714. The first-order valence-electron chi connectivity index (χ1n) is 5.98. The number of aromatic nitrogens is 2. The van der Waals surface area contributed by atoms with Gasteiger partial charge in [0.15, 0.2) is 5.65 Å². The van der Waals surface area contributed by atoms with E-state index in [0.29, 0.717) is 5.65 Å². The second-order valence-corrected chi connectivity index (χ2v) is 6.00. The van der Waals surface area contributed by atoms with Crippen LogP contribution in [0.25, 0.3) is 11.0 Å². The number of pyridine rings is 2. The van der Waals surface area contributed by atoms with Gasteiger partial charge in [0.25, 0.3) is 0 Å². The van der Waals surface area contributed by atoms with Crippen molar-refractivity contribution in [1.29, 1.82) is 0 Å². The van der Waals surface area contributed by atoms with Gasteiger partial charge >= 0.3 is 0 Å². The van der Waals surface area contributed by atoms with Crippen LogP contribution >= 0.6 is 27.3 Å². The molecule has 0 aliphatic rings. The van der Waals surface area contributed by atoms with E-state index < -0.39 is 0 Å². The van der Waals surface area contributed by atoms with Crippen LogP contribution in [-0.4, -0.2) is 16.2 Å². The number of aryl methyl sites for hydroxylation is 1. The number of fused-ring (bicyclic) bond motifs is 1. The highest BCUT2D eigenvalue weighted by Crippen LogP contribution is 2.25. The number of hydrazone groups is 1. The molecule has 0 bridgehead atoms. The van der Waals surface area contributed by atoms with Crippen LogP contribution in [0.5, 0.6) is 0 Å². The van der Waals surface area contributed by atoms with Crippen molar-refractivity contribution in [3.05, 3.63) is 50.9 Å². The second kappa shape index (κ2) is 5.68. The molecular formula is C14H11BrN4S. The molecular weight excluding hydrogens is 336 g/mol. The summed E-state index contributed by atoms with van der Waals surface area (Å²) in [5.74, 6) is 0. The minimum absolute atomic E-state index is 0.710. The molecule has 3 heterocycles. The highest BCUT2D eigenvalue weighted by molar-refractivity contribution is 9.10. The highest BCUT2D eigenvalue weighted by Gasteiger charge is 2.05. The third-order valence-electron chi connectivity index (χ3n) is 2.78. The van der Waals surface area contributed by atoms with E-state index in [9.17, 15) is 0 Å². The first kappa shape index (κ1) is 13.2. The van der Waals surface area contributed by atoms with Crippen LogP contribution in [0.4, 0.5) is 5.69 Å². The molecule has 0 saturated carbocycles. The Morgan fingerprint density at radius 1 is 1.40 bits per heavy atom. The van der Waals surface area contributed by atoms with E-state index in [4.69, 9.17) is 0 Å². The van der Waals surface area contributed by atoms with E-state index in [-0.39, 0.29) is 0 Å². The van der Waals surface area contributed by atoms with Crippen LogP contribution in [0.3, 0.4) is 0 Å². The molecule has 0 radical (unpaired) electrons. The van der Waals surface area contributed by atoms with E-state index >= 15 is 0 Å². The van der Waals surface area contributed by atoms with Gasteiger partial charge in [-0.05, 0) is 46.4 Å². The first-order chi connectivity index (χ1) is 9.74. The lowest BCUT2D eigenvalue weighted by atomic mass is 10.2. The number of nitrogens with one attached hydrogen (secondary N) is 1. The number of anilines is 1. The predicted molar refractivity (Wildman–Crippen MR) is 87.5 cm³/mol. The maximum Gasteiger partial charge on any atom is 0.161 e. The summed E-state index contributed by atoms with van der Waals surface area (Å²) in [4.78, 5) is 9.83. The normalized spacial score (nSPS) is 11.3. The second-order valence-electron chi connectivity index (χ2n) is 4.17. The van der Waals surface area contributed by atoms with E-state index in [1.807, 2.05) is 36.6 Å². The molecule has 20 heavy (non-hydrogen) atoms. The number of hydrogen-bond acceptors (Lipinski definition) is 5. The minimum Gasteiger partial charge on any atom is -0.278 e. The Balaban J connectivity index is 1.93. The fourth-order valence-electron chi connectivity index (χ4n) is 1.76. The molecule has 0 atom stereocenters. The van der Waals surface area contributed by atoms with Crippen molar-refractivity contribution in [3.8, 4) is 0 Å². The standard InChI is InChI=1S/C14H11BrN4S/c1-9-12(15)7-11-13(4-5-16-14(11)18-9)19-17-8-10-3-2-6-20-10/h2-8H,1H3,(H,16,18,19)/b17-8+. The van der Waals surface area contributed by atoms with E-state index in [2.05, 4.69) is 36.4 Å². The molecule has 0 fully saturated rings. The van der Waals surface area contributed by atoms with Crippen LogP contribution in [0.2, 0.25) is 0 Å². The van der Waals surface area contributed by atoms with E-state index in [1.165, 1.54) is 0 Å². The molecule has 6 heteroatoms. The summed E-state index contributed by atoms with van der Waals surface area (Å²) < 4.78 is 0.961. The molecule has 1 N–H and O–H groups in total. The van der Waals surface area contributed by atoms with Gasteiger partial charge in [0.2, 0.25) is 0 Å².